The van der Waals surface area contributed by atoms with Gasteiger partial charge in [0.1, 0.15) is 11.5 Å². The van der Waals surface area contributed by atoms with Crippen molar-refractivity contribution in [1.29, 1.82) is 0 Å². The van der Waals surface area contributed by atoms with Gasteiger partial charge >= 0.3 is 0 Å². The van der Waals surface area contributed by atoms with E-state index in [9.17, 15) is 0 Å². The number of anilines is 3. The van der Waals surface area contributed by atoms with Gasteiger partial charge in [0.25, 0.3) is 0 Å². The molecule has 0 radical (unpaired) electrons. The molecule has 34 heavy (non-hydrogen) atoms. The molecule has 0 bridgehead atoms. The Morgan fingerprint density at radius 1 is 0.824 bits per heavy atom. The van der Waals surface area contributed by atoms with Gasteiger partial charge < -0.3 is 47.5 Å². The molecule has 2 fully saturated rings. The Morgan fingerprint density at radius 2 is 1.35 bits per heavy atom. The topological polar surface area (TPSA) is 180 Å². The monoisotopic (exact) mass is 472 g/mol. The van der Waals surface area contributed by atoms with Crippen molar-refractivity contribution >= 4 is 17.8 Å². The van der Waals surface area contributed by atoms with Gasteiger partial charge in [-0.3, -0.25) is 0 Å². The van der Waals surface area contributed by atoms with E-state index >= 15 is 0 Å². The Hall–Kier alpha value is -2.93. The van der Waals surface area contributed by atoms with Crippen molar-refractivity contribution in [1.82, 2.24) is 15.0 Å². The summed E-state index contributed by atoms with van der Waals surface area (Å²) >= 11 is 0. The molecule has 186 valence electrons. The first-order chi connectivity index (χ1) is 16.3. The number of aromatic nitrogens is 3. The van der Waals surface area contributed by atoms with Gasteiger partial charge in [-0.05, 0) is 25.0 Å². The van der Waals surface area contributed by atoms with Crippen LogP contribution >= 0.6 is 0 Å². The molecular weight excluding hydrogens is 436 g/mol. The molecule has 12 heteroatoms. The standard InChI is InChI=1S/C22H36N10O2/c1-33-18-4-3-13(19(7-18)34-2)8-27-20-28-21(31-9-14(23)5-15(24)10-31)30-22(29-20)32-11-16(25)6-17(26)12-32/h3-4,7,14-17H,5-6,8-12,23-26H2,1-2H3,(H,27,28,29,30)/t14-,15+,16-,17+. The number of nitrogens with zero attached hydrogens (tertiary/aromatic N) is 5. The van der Waals surface area contributed by atoms with E-state index in [1.165, 1.54) is 0 Å². The van der Waals surface area contributed by atoms with Crippen molar-refractivity contribution in [3.8, 4) is 11.5 Å². The Morgan fingerprint density at radius 3 is 1.82 bits per heavy atom. The number of hydrogen-bond acceptors (Lipinski definition) is 12. The molecule has 1 aromatic heterocycles. The van der Waals surface area contributed by atoms with E-state index in [1.54, 1.807) is 14.2 Å². The van der Waals surface area contributed by atoms with Crippen molar-refractivity contribution in [2.75, 3.05) is 55.5 Å². The number of nitrogens with two attached hydrogens (primary N) is 4. The van der Waals surface area contributed by atoms with Crippen LogP contribution in [0, 0.1) is 0 Å². The van der Waals surface area contributed by atoms with Crippen LogP contribution in [-0.2, 0) is 6.54 Å². The third-order valence-electron chi connectivity index (χ3n) is 6.14. The first kappa shape index (κ1) is 24.2. The first-order valence-electron chi connectivity index (χ1n) is 11.6. The minimum atomic E-state index is -0.0410. The SMILES string of the molecule is COc1ccc(CNc2nc(N3C[C@H](N)C[C@H](N)C3)nc(N3C[C@H](N)C[C@H](N)C3)n2)c(OC)c1. The van der Waals surface area contributed by atoms with E-state index in [1.807, 2.05) is 28.0 Å². The third-order valence-corrected chi connectivity index (χ3v) is 6.14. The van der Waals surface area contributed by atoms with E-state index in [0.717, 1.165) is 24.2 Å². The second-order valence-corrected chi connectivity index (χ2v) is 9.11. The Bertz CT molecular complexity index is 912. The zero-order valence-electron chi connectivity index (χ0n) is 19.9. The molecule has 0 unspecified atom stereocenters. The molecule has 9 N–H and O–H groups in total. The van der Waals surface area contributed by atoms with Gasteiger partial charge in [0.15, 0.2) is 0 Å². The molecular formula is C22H36N10O2. The number of piperidine rings is 2. The zero-order chi connectivity index (χ0) is 24.2. The van der Waals surface area contributed by atoms with Crippen LogP contribution < -0.4 is 47.5 Å². The van der Waals surface area contributed by atoms with Gasteiger partial charge in [0.2, 0.25) is 17.8 Å². The first-order valence-corrected chi connectivity index (χ1v) is 11.6. The largest absolute Gasteiger partial charge is 0.497 e. The lowest BCUT2D eigenvalue weighted by atomic mass is 10.0. The van der Waals surface area contributed by atoms with E-state index in [-0.39, 0.29) is 24.2 Å². The zero-order valence-corrected chi connectivity index (χ0v) is 19.9. The fraction of sp³-hybridized carbons (Fsp3) is 0.591. The molecule has 4 rings (SSSR count). The molecule has 12 nitrogen and oxygen atoms in total. The minimum absolute atomic E-state index is 0.0410. The Labute approximate surface area is 200 Å². The number of hydrogen-bond donors (Lipinski definition) is 5. The summed E-state index contributed by atoms with van der Waals surface area (Å²) < 4.78 is 10.8. The van der Waals surface area contributed by atoms with Crippen molar-refractivity contribution in [2.45, 2.75) is 43.6 Å². The summed E-state index contributed by atoms with van der Waals surface area (Å²) in [4.78, 5) is 18.2. The van der Waals surface area contributed by atoms with Crippen LogP contribution in [0.5, 0.6) is 11.5 Å². The maximum atomic E-state index is 6.22. The summed E-state index contributed by atoms with van der Waals surface area (Å²) in [6, 6.07) is 5.51. The molecule has 2 aliphatic heterocycles. The van der Waals surface area contributed by atoms with Crippen LogP contribution in [0.4, 0.5) is 17.8 Å². The molecule has 3 heterocycles. The molecule has 2 aliphatic rings. The van der Waals surface area contributed by atoms with Crippen LogP contribution in [0.1, 0.15) is 18.4 Å². The highest BCUT2D eigenvalue weighted by molar-refractivity contribution is 5.48. The van der Waals surface area contributed by atoms with Gasteiger partial charge in [-0.15, -0.1) is 0 Å². The van der Waals surface area contributed by atoms with Crippen LogP contribution in [0.25, 0.3) is 0 Å². The molecule has 0 amide bonds. The smallest absolute Gasteiger partial charge is 0.232 e. The quantitative estimate of drug-likeness (QED) is 0.340. The summed E-state index contributed by atoms with van der Waals surface area (Å²) in [5, 5.41) is 3.32. The van der Waals surface area contributed by atoms with E-state index in [0.29, 0.717) is 56.3 Å². The maximum Gasteiger partial charge on any atom is 0.232 e. The van der Waals surface area contributed by atoms with Crippen molar-refractivity contribution < 1.29 is 9.47 Å². The second-order valence-electron chi connectivity index (χ2n) is 9.11. The van der Waals surface area contributed by atoms with Gasteiger partial charge in [0.05, 0.1) is 14.2 Å². The summed E-state index contributed by atoms with van der Waals surface area (Å²) in [5.41, 5.74) is 25.8. The maximum absolute atomic E-state index is 6.22. The predicted octanol–water partition coefficient (Wildman–Crippen LogP) is -0.770. The molecule has 0 spiro atoms. The fourth-order valence-corrected chi connectivity index (χ4v) is 4.57. The molecule has 2 saturated heterocycles. The van der Waals surface area contributed by atoms with Crippen molar-refractivity contribution in [3.63, 3.8) is 0 Å². The average Bonchev–Trinajstić information content (AvgIpc) is 2.81. The van der Waals surface area contributed by atoms with Crippen LogP contribution in [0.2, 0.25) is 0 Å². The average molecular weight is 473 g/mol. The van der Waals surface area contributed by atoms with Crippen LogP contribution in [-0.4, -0.2) is 79.5 Å². The highest BCUT2D eigenvalue weighted by Crippen LogP contribution is 2.26. The van der Waals surface area contributed by atoms with Gasteiger partial charge in [-0.1, -0.05) is 0 Å². The van der Waals surface area contributed by atoms with E-state index in [2.05, 4.69) is 15.3 Å². The Kier molecular flexibility index (Phi) is 7.51. The molecule has 0 saturated carbocycles. The molecule has 0 aliphatic carbocycles. The van der Waals surface area contributed by atoms with Crippen molar-refractivity contribution in [3.05, 3.63) is 23.8 Å². The number of nitrogens with one attached hydrogen (secondary N) is 1. The summed E-state index contributed by atoms with van der Waals surface area (Å²) in [7, 11) is 3.25. The predicted molar refractivity (Wildman–Crippen MR) is 132 cm³/mol. The lowest BCUT2D eigenvalue weighted by molar-refractivity contribution is 0.391. The minimum Gasteiger partial charge on any atom is -0.497 e. The van der Waals surface area contributed by atoms with Gasteiger partial charge in [-0.25, -0.2) is 0 Å². The highest BCUT2D eigenvalue weighted by Gasteiger charge is 2.28. The van der Waals surface area contributed by atoms with E-state index in [4.69, 9.17) is 37.4 Å². The summed E-state index contributed by atoms with van der Waals surface area (Å²) in [6.45, 7) is 2.96. The number of rotatable bonds is 7. The summed E-state index contributed by atoms with van der Waals surface area (Å²) in [5.74, 6) is 2.95. The molecule has 1 aromatic carbocycles. The Balaban J connectivity index is 1.62. The normalized spacial score (nSPS) is 25.2. The third kappa shape index (κ3) is 5.76. The molecule has 2 aromatic rings. The van der Waals surface area contributed by atoms with Crippen LogP contribution in [0.15, 0.2) is 18.2 Å². The fourth-order valence-electron chi connectivity index (χ4n) is 4.57. The highest BCUT2D eigenvalue weighted by atomic mass is 16.5. The lowest BCUT2D eigenvalue weighted by Gasteiger charge is -2.37. The summed E-state index contributed by atoms with van der Waals surface area (Å²) in [6.07, 6.45) is 1.54. The van der Waals surface area contributed by atoms with Crippen molar-refractivity contribution in [2.24, 2.45) is 22.9 Å². The van der Waals surface area contributed by atoms with Gasteiger partial charge in [0, 0.05) is 68.5 Å². The number of ether oxygens (including phenoxy) is 2. The van der Waals surface area contributed by atoms with E-state index < -0.39 is 0 Å². The number of methoxy groups -OCH3 is 2. The molecule has 4 atom stereocenters. The lowest BCUT2D eigenvalue weighted by Crippen LogP contribution is -2.54. The number of benzene rings is 1. The second kappa shape index (κ2) is 10.6. The van der Waals surface area contributed by atoms with Crippen LogP contribution in [0.3, 0.4) is 0 Å². The van der Waals surface area contributed by atoms with Gasteiger partial charge in [-0.2, -0.15) is 15.0 Å².